The largest absolute Gasteiger partial charge is 0.361 e. The molecule has 3 aliphatic heterocycles. The average molecular weight is 513 g/mol. The number of fused-ring (bicyclic) bond motifs is 6. The highest BCUT2D eigenvalue weighted by atomic mass is 32.2. The number of carbonyl (C=O) groups excluding carboxylic acids is 2. The van der Waals surface area contributed by atoms with E-state index in [-0.39, 0.29) is 29.7 Å². The summed E-state index contributed by atoms with van der Waals surface area (Å²) in [6, 6.07) is 22.8. The molecule has 4 aromatic rings. The quantitative estimate of drug-likeness (QED) is 0.457. The third-order valence-corrected chi connectivity index (χ3v) is 9.87. The molecule has 7 rings (SSSR count). The fourth-order valence-electron chi connectivity index (χ4n) is 6.59. The fraction of sp³-hybridized carbons (Fsp3) is 0.214. The molecular formula is C28H24N4O4S. The monoisotopic (exact) mass is 512 g/mol. The molecule has 37 heavy (non-hydrogen) atoms. The third-order valence-electron chi connectivity index (χ3n) is 8.09. The summed E-state index contributed by atoms with van der Waals surface area (Å²) in [5, 5.41) is 0.939. The first-order valence-electron chi connectivity index (χ1n) is 12.2. The first-order valence-corrected chi connectivity index (χ1v) is 13.6. The Morgan fingerprint density at radius 3 is 2.41 bits per heavy atom. The zero-order chi connectivity index (χ0) is 25.5. The predicted molar refractivity (Wildman–Crippen MR) is 138 cm³/mol. The van der Waals surface area contributed by atoms with Crippen LogP contribution in [0.4, 0.5) is 5.69 Å². The molecule has 0 spiro atoms. The van der Waals surface area contributed by atoms with Gasteiger partial charge in [0.05, 0.1) is 22.5 Å². The molecule has 9 heteroatoms. The van der Waals surface area contributed by atoms with Gasteiger partial charge in [0.25, 0.3) is 10.0 Å². The molecule has 8 nitrogen and oxygen atoms in total. The van der Waals surface area contributed by atoms with Gasteiger partial charge < -0.3 is 14.8 Å². The lowest BCUT2D eigenvalue weighted by atomic mass is 9.72. The summed E-state index contributed by atoms with van der Waals surface area (Å²) in [5.41, 5.74) is 2.16. The van der Waals surface area contributed by atoms with Crippen molar-refractivity contribution in [3.05, 3.63) is 96.2 Å². The number of anilines is 1. The van der Waals surface area contributed by atoms with Crippen molar-refractivity contribution in [3.63, 3.8) is 0 Å². The molecule has 0 radical (unpaired) electrons. The predicted octanol–water partition coefficient (Wildman–Crippen LogP) is 3.06. The number of nitrogens with one attached hydrogen (secondary N) is 1. The highest BCUT2D eigenvalue weighted by Crippen LogP contribution is 2.60. The van der Waals surface area contributed by atoms with Crippen LogP contribution < -0.4 is 4.31 Å². The number of benzene rings is 3. The lowest BCUT2D eigenvalue weighted by Gasteiger charge is -2.41. The Bertz CT molecular complexity index is 1700. The van der Waals surface area contributed by atoms with Crippen LogP contribution in [0, 0.1) is 0 Å². The summed E-state index contributed by atoms with van der Waals surface area (Å²) >= 11 is 0. The third kappa shape index (κ3) is 2.74. The number of hydrogen-bond donors (Lipinski definition) is 1. The lowest BCUT2D eigenvalue weighted by molar-refractivity contribution is -0.153. The number of aromatic amines is 1. The summed E-state index contributed by atoms with van der Waals surface area (Å²) in [4.78, 5) is 33.5. The smallest absolute Gasteiger partial charge is 0.266 e. The van der Waals surface area contributed by atoms with Crippen LogP contribution in [0.3, 0.4) is 0 Å². The summed E-state index contributed by atoms with van der Waals surface area (Å²) < 4.78 is 30.0. The highest BCUT2D eigenvalue weighted by Gasteiger charge is 2.68. The van der Waals surface area contributed by atoms with E-state index in [4.69, 9.17) is 0 Å². The van der Waals surface area contributed by atoms with Gasteiger partial charge in [0.1, 0.15) is 12.2 Å². The van der Waals surface area contributed by atoms with E-state index >= 15 is 0 Å². The van der Waals surface area contributed by atoms with E-state index in [0.717, 1.165) is 22.0 Å². The van der Waals surface area contributed by atoms with Crippen molar-refractivity contribution in [2.75, 3.05) is 17.9 Å². The summed E-state index contributed by atoms with van der Waals surface area (Å²) in [7, 11) is -2.47. The molecule has 1 N–H and O–H groups in total. The minimum absolute atomic E-state index is 0.0919. The van der Waals surface area contributed by atoms with Crippen LogP contribution in [-0.2, 0) is 25.0 Å². The Balaban J connectivity index is 1.57. The first kappa shape index (κ1) is 22.1. The van der Waals surface area contributed by atoms with Crippen molar-refractivity contribution in [1.82, 2.24) is 14.8 Å². The Hall–Kier alpha value is -4.11. The molecule has 3 atom stereocenters. The van der Waals surface area contributed by atoms with Crippen molar-refractivity contribution < 1.29 is 18.0 Å². The first-order chi connectivity index (χ1) is 17.9. The molecular weight excluding hydrogens is 488 g/mol. The number of para-hydroxylation sites is 2. The molecule has 2 saturated heterocycles. The van der Waals surface area contributed by atoms with Gasteiger partial charge in [-0.2, -0.15) is 0 Å². The number of sulfonamides is 1. The molecule has 2 fully saturated rings. The second-order valence-corrected chi connectivity index (χ2v) is 11.8. The van der Waals surface area contributed by atoms with E-state index in [2.05, 4.69) is 4.98 Å². The number of piperazine rings is 1. The topological polar surface area (TPSA) is 93.8 Å². The second kappa shape index (κ2) is 7.45. The van der Waals surface area contributed by atoms with Gasteiger partial charge in [-0.3, -0.25) is 9.59 Å². The molecule has 2 amide bonds. The Morgan fingerprint density at radius 2 is 1.59 bits per heavy atom. The minimum atomic E-state index is -4.09. The molecule has 3 aliphatic rings. The van der Waals surface area contributed by atoms with Crippen molar-refractivity contribution in [1.29, 1.82) is 0 Å². The van der Waals surface area contributed by atoms with Gasteiger partial charge in [0.15, 0.2) is 0 Å². The van der Waals surface area contributed by atoms with Crippen molar-refractivity contribution in [2.45, 2.75) is 28.9 Å². The van der Waals surface area contributed by atoms with E-state index < -0.39 is 27.6 Å². The number of likely N-dealkylation sites (N-methyl/N-ethyl adjacent to an activating group) is 1. The number of aromatic nitrogens is 1. The molecule has 0 saturated carbocycles. The zero-order valence-corrected chi connectivity index (χ0v) is 20.9. The maximum atomic E-state index is 14.3. The van der Waals surface area contributed by atoms with Gasteiger partial charge in [-0.25, -0.2) is 12.7 Å². The summed E-state index contributed by atoms with van der Waals surface area (Å²) in [5.74, 6) is -0.442. The molecule has 3 unspecified atom stereocenters. The second-order valence-electron chi connectivity index (χ2n) is 9.94. The number of carbonyl (C=O) groups is 2. The molecule has 0 aliphatic carbocycles. The number of nitrogens with zero attached hydrogens (tertiary/aromatic N) is 3. The lowest BCUT2D eigenvalue weighted by Crippen LogP contribution is -2.62. The normalized spacial score (nSPS) is 24.9. The van der Waals surface area contributed by atoms with Gasteiger partial charge in [-0.1, -0.05) is 54.6 Å². The molecule has 186 valence electrons. The number of H-pyrrole nitrogens is 1. The standard InChI is InChI=1S/C28H24N4O4S/c1-30-17-25(33)31-24(26(30)34)15-28(21-16-29-22-13-7-5-11-19(21)22)20-12-6-8-14-23(20)32(27(28)31)37(35,36)18-9-3-2-4-10-18/h2-14,16,24,27,29H,15,17H2,1H3. The van der Waals surface area contributed by atoms with Crippen LogP contribution in [0.25, 0.3) is 10.9 Å². The fourth-order valence-corrected chi connectivity index (χ4v) is 8.28. The maximum absolute atomic E-state index is 14.3. The van der Waals surface area contributed by atoms with Crippen LogP contribution in [0.1, 0.15) is 17.5 Å². The number of hydrogen-bond acceptors (Lipinski definition) is 4. The summed E-state index contributed by atoms with van der Waals surface area (Å²) in [6.07, 6.45) is 1.26. The molecule has 3 aromatic carbocycles. The van der Waals surface area contributed by atoms with Crippen LogP contribution in [0.2, 0.25) is 0 Å². The molecule has 4 heterocycles. The van der Waals surface area contributed by atoms with Crippen LogP contribution in [0.5, 0.6) is 0 Å². The summed E-state index contributed by atoms with van der Waals surface area (Å²) in [6.45, 7) is -0.0919. The van der Waals surface area contributed by atoms with Gasteiger partial charge in [-0.15, -0.1) is 0 Å². The highest BCUT2D eigenvalue weighted by molar-refractivity contribution is 7.92. The Kier molecular flexibility index (Phi) is 4.46. The van der Waals surface area contributed by atoms with Gasteiger partial charge in [-0.05, 0) is 41.8 Å². The SMILES string of the molecule is CN1CC(=O)N2C(CC3(c4c[nH]c5ccccc45)c4ccccc4N(S(=O)(=O)c4ccccc4)C23)C1=O. The van der Waals surface area contributed by atoms with E-state index in [1.165, 1.54) is 14.1 Å². The van der Waals surface area contributed by atoms with E-state index in [1.807, 2.05) is 48.7 Å². The number of amides is 2. The van der Waals surface area contributed by atoms with Crippen molar-refractivity contribution in [2.24, 2.45) is 0 Å². The van der Waals surface area contributed by atoms with Gasteiger partial charge >= 0.3 is 0 Å². The molecule has 0 bridgehead atoms. The zero-order valence-electron chi connectivity index (χ0n) is 20.0. The van der Waals surface area contributed by atoms with Crippen LogP contribution in [-0.4, -0.2) is 60.8 Å². The van der Waals surface area contributed by atoms with Crippen molar-refractivity contribution >= 4 is 38.4 Å². The number of rotatable bonds is 3. The van der Waals surface area contributed by atoms with Gasteiger partial charge in [0.2, 0.25) is 11.8 Å². The van der Waals surface area contributed by atoms with E-state index in [9.17, 15) is 18.0 Å². The Labute approximate surface area is 214 Å². The average Bonchev–Trinajstić information content (AvgIpc) is 3.56. The van der Waals surface area contributed by atoms with Crippen LogP contribution >= 0.6 is 0 Å². The molecule has 1 aromatic heterocycles. The minimum Gasteiger partial charge on any atom is -0.361 e. The van der Waals surface area contributed by atoms with Crippen molar-refractivity contribution in [3.8, 4) is 0 Å². The van der Waals surface area contributed by atoms with E-state index in [1.54, 1.807) is 43.4 Å². The van der Waals surface area contributed by atoms with Gasteiger partial charge in [0, 0.05) is 24.1 Å². The maximum Gasteiger partial charge on any atom is 0.266 e. The van der Waals surface area contributed by atoms with Crippen LogP contribution in [0.15, 0.2) is 90.0 Å². The Morgan fingerprint density at radius 1 is 0.892 bits per heavy atom. The van der Waals surface area contributed by atoms with E-state index in [0.29, 0.717) is 5.69 Å².